The van der Waals surface area contributed by atoms with E-state index < -0.39 is 102 Å². The van der Waals surface area contributed by atoms with Gasteiger partial charge in [0.05, 0.1) is 19.5 Å². The van der Waals surface area contributed by atoms with Gasteiger partial charge in [-0.1, -0.05) is 34.1 Å². The molecule has 17 N–H and O–H groups in total. The number of carbonyl (C=O) groups is 8. The number of aromatic amines is 1. The number of nitrogens with two attached hydrogens (primary N) is 4. The fraction of sp³-hybridized carbons (Fsp3) is 0.700. The highest BCUT2D eigenvalue weighted by Crippen LogP contribution is 2.20. The number of aliphatic hydroxyl groups is 1. The van der Waals surface area contributed by atoms with Gasteiger partial charge >= 0.3 is 5.97 Å². The number of H-pyrrole nitrogens is 1. The molecule has 2 heterocycles. The van der Waals surface area contributed by atoms with E-state index in [1.54, 1.807) is 13.8 Å². The number of aliphatic carboxylic acids is 1. The van der Waals surface area contributed by atoms with Crippen LogP contribution in [0.5, 0.6) is 0 Å². The summed E-state index contributed by atoms with van der Waals surface area (Å²) in [4.78, 5) is 119. The van der Waals surface area contributed by atoms with Gasteiger partial charge in [0.15, 0.2) is 5.96 Å². The fourth-order valence-corrected chi connectivity index (χ4v) is 7.02. The first kappa shape index (κ1) is 54.3. The van der Waals surface area contributed by atoms with E-state index in [2.05, 4.69) is 46.9 Å². The number of hydrogen-bond acceptors (Lipinski definition) is 13. The van der Waals surface area contributed by atoms with Crippen LogP contribution in [0.3, 0.4) is 0 Å². The van der Waals surface area contributed by atoms with Crippen molar-refractivity contribution in [3.05, 3.63) is 18.2 Å². The highest BCUT2D eigenvalue weighted by Gasteiger charge is 2.40. The van der Waals surface area contributed by atoms with E-state index in [0.717, 1.165) is 0 Å². The van der Waals surface area contributed by atoms with Crippen LogP contribution in [0.25, 0.3) is 0 Å². The van der Waals surface area contributed by atoms with Crippen LogP contribution in [0.1, 0.15) is 91.2 Å². The van der Waals surface area contributed by atoms with Gasteiger partial charge in [0, 0.05) is 31.4 Å². The average molecular weight is 907 g/mol. The van der Waals surface area contributed by atoms with E-state index in [0.29, 0.717) is 37.9 Å². The molecule has 1 fully saturated rings. The number of carboxylic acids is 1. The molecular formula is C40H70N14O10. The summed E-state index contributed by atoms with van der Waals surface area (Å²) in [5.74, 6) is -7.22. The van der Waals surface area contributed by atoms with Crippen LogP contribution in [-0.2, 0) is 44.8 Å². The number of unbranched alkanes of at least 4 members (excludes halogenated alkanes) is 1. The molecule has 0 spiro atoms. The molecular weight excluding hydrogens is 837 g/mol. The molecule has 360 valence electrons. The number of amides is 7. The highest BCUT2D eigenvalue weighted by atomic mass is 16.4. The Morgan fingerprint density at radius 3 is 2.06 bits per heavy atom. The minimum Gasteiger partial charge on any atom is -0.480 e. The Hall–Kier alpha value is -5.88. The van der Waals surface area contributed by atoms with Gasteiger partial charge in [-0.25, -0.2) is 9.78 Å². The maximum absolute atomic E-state index is 13.9. The molecule has 1 saturated heterocycles. The summed E-state index contributed by atoms with van der Waals surface area (Å²) in [5.41, 5.74) is 22.5. The van der Waals surface area contributed by atoms with Crippen molar-refractivity contribution < 1.29 is 48.6 Å². The second-order valence-electron chi connectivity index (χ2n) is 16.3. The van der Waals surface area contributed by atoms with E-state index in [1.165, 1.54) is 17.4 Å². The Labute approximate surface area is 373 Å². The third kappa shape index (κ3) is 18.1. The molecule has 1 aromatic rings. The Balaban J connectivity index is 2.29. The minimum atomic E-state index is -1.62. The number of nitrogens with zero attached hydrogens (tertiary/aromatic N) is 3. The third-order valence-corrected chi connectivity index (χ3v) is 10.7. The van der Waals surface area contributed by atoms with Crippen LogP contribution in [0.15, 0.2) is 17.5 Å². The lowest BCUT2D eigenvalue weighted by molar-refractivity contribution is -0.142. The number of guanidine groups is 1. The second kappa shape index (κ2) is 28.0. The summed E-state index contributed by atoms with van der Waals surface area (Å²) < 4.78 is 0. The molecule has 0 saturated carbocycles. The van der Waals surface area contributed by atoms with Crippen molar-refractivity contribution in [3.63, 3.8) is 0 Å². The standard InChI is InChI=1S/C40H70N14O10/c1-5-23(4)32(37(61)51-27(16-22(2)3)34(58)50-26(39(63)64)10-6-7-13-41)53-35(59)29(20-55)52-33(57)25(11-8-14-46-40(43)44)49-36(60)30-12-9-15-54(30)38(62)28(48-31(56)18-42)17-24-19-45-21-47-24/h19,21-23,25-30,32,55H,5-18,20,41-42H2,1-4H3,(H,45,47)(H,48,56)(H,49,60)(H,50,58)(H,51,61)(H,52,57)(H,53,59)(H,63,64)(H4,43,44,46)/t23-,25-,26-,27-,28-,29-,30-,32-/m0/s1. The molecule has 24 nitrogen and oxygen atoms in total. The summed E-state index contributed by atoms with van der Waals surface area (Å²) >= 11 is 0. The van der Waals surface area contributed by atoms with Crippen LogP contribution in [0, 0.1) is 11.8 Å². The Morgan fingerprint density at radius 1 is 0.844 bits per heavy atom. The summed E-state index contributed by atoms with van der Waals surface area (Å²) in [6.45, 7) is 6.38. The van der Waals surface area contributed by atoms with Crippen LogP contribution < -0.4 is 54.8 Å². The van der Waals surface area contributed by atoms with E-state index in [9.17, 15) is 48.6 Å². The van der Waals surface area contributed by atoms with E-state index >= 15 is 0 Å². The number of carbonyl (C=O) groups excluding carboxylic acids is 7. The van der Waals surface area contributed by atoms with Crippen molar-refractivity contribution in [1.82, 2.24) is 46.8 Å². The van der Waals surface area contributed by atoms with Crippen LogP contribution >= 0.6 is 0 Å². The summed E-state index contributed by atoms with van der Waals surface area (Å²) in [6, 6.07) is -8.73. The van der Waals surface area contributed by atoms with Crippen molar-refractivity contribution in [2.45, 2.75) is 134 Å². The van der Waals surface area contributed by atoms with E-state index in [-0.39, 0.29) is 70.0 Å². The molecule has 0 aromatic carbocycles. The quantitative estimate of drug-likeness (QED) is 0.0208. The Bertz CT molecular complexity index is 1720. The summed E-state index contributed by atoms with van der Waals surface area (Å²) in [6.07, 6.45) is 5.41. The number of aliphatic hydroxyl groups excluding tert-OH is 1. The molecule has 24 heteroatoms. The largest absolute Gasteiger partial charge is 0.480 e. The van der Waals surface area contributed by atoms with Gasteiger partial charge in [-0.05, 0) is 69.7 Å². The normalized spacial score (nSPS) is 16.8. The van der Waals surface area contributed by atoms with Crippen molar-refractivity contribution in [1.29, 1.82) is 0 Å². The first-order valence-corrected chi connectivity index (χ1v) is 21.7. The molecule has 7 amide bonds. The maximum Gasteiger partial charge on any atom is 0.326 e. The summed E-state index contributed by atoms with van der Waals surface area (Å²) in [5, 5.41) is 35.5. The molecule has 1 aliphatic rings. The number of likely N-dealkylation sites (tertiary alicyclic amines) is 1. The third-order valence-electron chi connectivity index (χ3n) is 10.7. The van der Waals surface area contributed by atoms with Crippen molar-refractivity contribution in [2.75, 3.05) is 32.8 Å². The number of carboxylic acid groups (broad SMARTS) is 1. The van der Waals surface area contributed by atoms with Crippen LogP contribution in [0.2, 0.25) is 0 Å². The lowest BCUT2D eigenvalue weighted by atomic mass is 9.96. The van der Waals surface area contributed by atoms with Crippen molar-refractivity contribution in [2.24, 2.45) is 39.8 Å². The van der Waals surface area contributed by atoms with E-state index in [4.69, 9.17) is 22.9 Å². The Kier molecular flexibility index (Phi) is 23.8. The fourth-order valence-electron chi connectivity index (χ4n) is 7.02. The van der Waals surface area contributed by atoms with Crippen molar-refractivity contribution in [3.8, 4) is 0 Å². The second-order valence-corrected chi connectivity index (χ2v) is 16.3. The lowest BCUT2D eigenvalue weighted by Gasteiger charge is -2.30. The van der Waals surface area contributed by atoms with Crippen LogP contribution in [-0.4, -0.2) is 153 Å². The molecule has 64 heavy (non-hydrogen) atoms. The predicted octanol–water partition coefficient (Wildman–Crippen LogP) is -3.84. The summed E-state index contributed by atoms with van der Waals surface area (Å²) in [7, 11) is 0. The molecule has 1 aliphatic heterocycles. The number of imidazole rings is 1. The number of aromatic nitrogens is 2. The number of nitrogens with one attached hydrogen (secondary N) is 7. The van der Waals surface area contributed by atoms with Gasteiger partial charge in [-0.15, -0.1) is 0 Å². The topological polar surface area (TPSA) is 398 Å². The molecule has 1 aromatic heterocycles. The molecule has 0 radical (unpaired) electrons. The Morgan fingerprint density at radius 2 is 1.48 bits per heavy atom. The predicted molar refractivity (Wildman–Crippen MR) is 234 cm³/mol. The number of hydrogen-bond donors (Lipinski definition) is 13. The molecule has 0 bridgehead atoms. The zero-order valence-corrected chi connectivity index (χ0v) is 37.3. The van der Waals surface area contributed by atoms with Crippen molar-refractivity contribution >= 4 is 53.3 Å². The highest BCUT2D eigenvalue weighted by molar-refractivity contribution is 5.97. The van der Waals surface area contributed by atoms with Gasteiger partial charge in [0.2, 0.25) is 41.4 Å². The first-order chi connectivity index (χ1) is 30.4. The SMILES string of the molecule is CC[C@H](C)[C@H](NC(=O)[C@H](CO)NC(=O)[C@H](CCCN=C(N)N)NC(=O)[C@@H]1CCCN1C(=O)[C@H](Cc1cnc[nH]1)NC(=O)CN)C(=O)N[C@@H](CC(C)C)C(=O)N[C@@H](CCCCN)C(=O)O. The number of aliphatic imine (C=N–C) groups is 1. The monoisotopic (exact) mass is 907 g/mol. The molecule has 0 unspecified atom stereocenters. The molecule has 8 atom stereocenters. The average Bonchev–Trinajstić information content (AvgIpc) is 3.97. The van der Waals surface area contributed by atoms with Gasteiger partial charge in [-0.3, -0.25) is 38.6 Å². The zero-order valence-electron chi connectivity index (χ0n) is 37.3. The van der Waals surface area contributed by atoms with Gasteiger partial charge < -0.3 is 74.9 Å². The lowest BCUT2D eigenvalue weighted by Crippen LogP contribution is -2.61. The maximum atomic E-state index is 13.9. The van der Waals surface area contributed by atoms with Gasteiger partial charge in [0.25, 0.3) is 0 Å². The van der Waals surface area contributed by atoms with Gasteiger partial charge in [-0.2, -0.15) is 0 Å². The van der Waals surface area contributed by atoms with Gasteiger partial charge in [0.1, 0.15) is 42.3 Å². The van der Waals surface area contributed by atoms with E-state index in [1.807, 2.05) is 13.8 Å². The smallest absolute Gasteiger partial charge is 0.326 e. The van der Waals surface area contributed by atoms with Crippen LogP contribution in [0.4, 0.5) is 0 Å². The molecule has 0 aliphatic carbocycles. The zero-order chi connectivity index (χ0) is 47.9. The molecule has 2 rings (SSSR count). The number of rotatable bonds is 29. The minimum absolute atomic E-state index is 0.0342. The first-order valence-electron chi connectivity index (χ1n) is 21.7.